The summed E-state index contributed by atoms with van der Waals surface area (Å²) in [5.74, 6) is -1.38. The van der Waals surface area contributed by atoms with Gasteiger partial charge >= 0.3 is 12.1 Å². The molecule has 0 aliphatic heterocycles. The Labute approximate surface area is 200 Å². The Morgan fingerprint density at radius 2 is 1.74 bits per heavy atom. The van der Waals surface area contributed by atoms with E-state index in [9.17, 15) is 27.6 Å². The summed E-state index contributed by atoms with van der Waals surface area (Å²) in [6.45, 7) is 1.40. The highest BCUT2D eigenvalue weighted by Crippen LogP contribution is 2.33. The van der Waals surface area contributed by atoms with Crippen molar-refractivity contribution in [1.29, 1.82) is 0 Å². The summed E-state index contributed by atoms with van der Waals surface area (Å²) in [7, 11) is 0. The first-order valence-electron chi connectivity index (χ1n) is 10.1. The molecule has 0 atom stereocenters. The number of ether oxygens (including phenoxy) is 1. The lowest BCUT2D eigenvalue weighted by atomic mass is 10.1. The minimum atomic E-state index is -4.67. The highest BCUT2D eigenvalue weighted by atomic mass is 32.1. The second-order valence-electron chi connectivity index (χ2n) is 7.27. The largest absolute Gasteiger partial charge is 0.422 e. The number of carbonyl (C=O) groups excluding carboxylic acids is 2. The lowest BCUT2D eigenvalue weighted by Gasteiger charge is -2.16. The number of thiophene rings is 1. The molecule has 35 heavy (non-hydrogen) atoms. The Balaban J connectivity index is 1.57. The number of benzene rings is 2. The van der Waals surface area contributed by atoms with Gasteiger partial charge in [-0.25, -0.2) is 9.48 Å². The Bertz CT molecular complexity index is 1450. The van der Waals surface area contributed by atoms with Crippen LogP contribution in [0.1, 0.15) is 31.4 Å². The predicted octanol–water partition coefficient (Wildman–Crippen LogP) is 5.09. The van der Waals surface area contributed by atoms with Crippen LogP contribution in [-0.4, -0.2) is 21.7 Å². The van der Waals surface area contributed by atoms with Gasteiger partial charge in [-0.1, -0.05) is 18.2 Å². The van der Waals surface area contributed by atoms with Gasteiger partial charge in [-0.05, 0) is 54.8 Å². The fourth-order valence-corrected chi connectivity index (χ4v) is 3.81. The van der Waals surface area contributed by atoms with Crippen molar-refractivity contribution in [3.05, 3.63) is 104 Å². The van der Waals surface area contributed by atoms with Crippen LogP contribution in [0.2, 0.25) is 0 Å². The Morgan fingerprint density at radius 1 is 1.03 bits per heavy atom. The van der Waals surface area contributed by atoms with Crippen molar-refractivity contribution in [2.24, 2.45) is 0 Å². The summed E-state index contributed by atoms with van der Waals surface area (Å²) >= 11 is 1.28. The molecular formula is C24H16F3N3O4S. The zero-order chi connectivity index (χ0) is 25.2. The second-order valence-corrected chi connectivity index (χ2v) is 8.22. The van der Waals surface area contributed by atoms with Gasteiger partial charge in [-0.15, -0.1) is 11.3 Å². The van der Waals surface area contributed by atoms with Crippen LogP contribution >= 0.6 is 11.3 Å². The van der Waals surface area contributed by atoms with Crippen LogP contribution in [-0.2, 0) is 6.18 Å². The molecule has 0 spiro atoms. The maximum atomic E-state index is 13.5. The molecule has 0 bridgehead atoms. The summed E-state index contributed by atoms with van der Waals surface area (Å²) in [6.07, 6.45) is -4.67. The van der Waals surface area contributed by atoms with Crippen LogP contribution in [0.15, 0.2) is 76.9 Å². The number of aryl methyl sites for hydroxylation is 1. The van der Waals surface area contributed by atoms with E-state index in [2.05, 4.69) is 10.4 Å². The third-order valence-electron chi connectivity index (χ3n) is 4.81. The van der Waals surface area contributed by atoms with Crippen molar-refractivity contribution >= 4 is 28.9 Å². The fraction of sp³-hybridized carbons (Fsp3) is 0.0833. The van der Waals surface area contributed by atoms with Crippen molar-refractivity contribution in [1.82, 2.24) is 9.78 Å². The van der Waals surface area contributed by atoms with Gasteiger partial charge in [0.05, 0.1) is 16.1 Å². The van der Waals surface area contributed by atoms with Gasteiger partial charge in [0.25, 0.3) is 5.91 Å². The quantitative estimate of drug-likeness (QED) is 0.305. The number of hydrogen-bond acceptors (Lipinski definition) is 6. The number of esters is 1. The normalized spacial score (nSPS) is 11.2. The predicted molar refractivity (Wildman–Crippen MR) is 123 cm³/mol. The van der Waals surface area contributed by atoms with Gasteiger partial charge in [0, 0.05) is 17.4 Å². The maximum Gasteiger partial charge on any atom is 0.418 e. The van der Waals surface area contributed by atoms with Crippen LogP contribution in [0.3, 0.4) is 0 Å². The van der Waals surface area contributed by atoms with Crippen molar-refractivity contribution in [2.45, 2.75) is 13.1 Å². The number of alkyl halides is 3. The highest BCUT2D eigenvalue weighted by molar-refractivity contribution is 7.12. The molecule has 0 aliphatic rings. The zero-order valence-corrected chi connectivity index (χ0v) is 18.8. The topological polar surface area (TPSA) is 90.3 Å². The van der Waals surface area contributed by atoms with E-state index in [0.717, 1.165) is 16.8 Å². The molecule has 0 radical (unpaired) electrons. The molecule has 1 amide bonds. The molecule has 4 aromatic rings. The number of amides is 1. The molecule has 2 heterocycles. The van der Waals surface area contributed by atoms with Crippen LogP contribution in [0.5, 0.6) is 5.75 Å². The van der Waals surface area contributed by atoms with Crippen molar-refractivity contribution < 1.29 is 27.5 Å². The minimum absolute atomic E-state index is 0.0492. The minimum Gasteiger partial charge on any atom is -0.422 e. The molecule has 4 rings (SSSR count). The van der Waals surface area contributed by atoms with Gasteiger partial charge in [0.1, 0.15) is 5.75 Å². The molecule has 11 heteroatoms. The monoisotopic (exact) mass is 499 g/mol. The lowest BCUT2D eigenvalue weighted by Crippen LogP contribution is -2.26. The molecule has 2 aromatic carbocycles. The van der Waals surface area contributed by atoms with Crippen LogP contribution < -0.4 is 15.5 Å². The van der Waals surface area contributed by atoms with Crippen LogP contribution in [0, 0.1) is 6.92 Å². The van der Waals surface area contributed by atoms with Crippen molar-refractivity contribution in [3.63, 3.8) is 0 Å². The maximum absolute atomic E-state index is 13.5. The van der Waals surface area contributed by atoms with Gasteiger partial charge in [-0.2, -0.15) is 18.3 Å². The molecular weight excluding hydrogens is 483 g/mol. The van der Waals surface area contributed by atoms with Crippen molar-refractivity contribution in [3.8, 4) is 11.4 Å². The molecule has 1 N–H and O–H groups in total. The molecule has 0 fully saturated rings. The Hall–Kier alpha value is -4.25. The molecule has 0 aliphatic carbocycles. The van der Waals surface area contributed by atoms with Crippen LogP contribution in [0.25, 0.3) is 5.69 Å². The standard InChI is InChI=1S/C24H16F3N3O4S/c1-14-13-19(31)21(29-30(14)18-6-3-2-5-17(18)24(25,26)27)23(33)34-16-10-8-15(9-11-16)28-22(32)20-7-4-12-35-20/h2-13H,1H3,(H,28,32). The first-order valence-corrected chi connectivity index (χ1v) is 11.0. The highest BCUT2D eigenvalue weighted by Gasteiger charge is 2.34. The molecule has 0 saturated heterocycles. The number of anilines is 1. The number of para-hydroxylation sites is 1. The summed E-state index contributed by atoms with van der Waals surface area (Å²) in [6, 6.07) is 14.9. The van der Waals surface area contributed by atoms with Gasteiger partial charge < -0.3 is 10.1 Å². The summed E-state index contributed by atoms with van der Waals surface area (Å²) < 4.78 is 46.5. The van der Waals surface area contributed by atoms with E-state index >= 15 is 0 Å². The Kier molecular flexibility index (Phi) is 6.52. The number of nitrogens with one attached hydrogen (secondary N) is 1. The Morgan fingerprint density at radius 3 is 2.40 bits per heavy atom. The average Bonchev–Trinajstić information content (AvgIpc) is 3.35. The lowest BCUT2D eigenvalue weighted by molar-refractivity contribution is -0.137. The first kappa shape index (κ1) is 23.9. The molecule has 2 aromatic heterocycles. The first-order chi connectivity index (χ1) is 16.6. The van der Waals surface area contributed by atoms with E-state index < -0.39 is 28.8 Å². The van der Waals surface area contributed by atoms with Gasteiger partial charge in [0.15, 0.2) is 0 Å². The molecule has 178 valence electrons. The average molecular weight is 499 g/mol. The fourth-order valence-electron chi connectivity index (χ4n) is 3.19. The van der Waals surface area contributed by atoms with Crippen LogP contribution in [0.4, 0.5) is 18.9 Å². The summed E-state index contributed by atoms with van der Waals surface area (Å²) in [5, 5.41) is 8.33. The number of carbonyl (C=O) groups is 2. The second kappa shape index (κ2) is 9.55. The molecule has 0 saturated carbocycles. The molecule has 7 nitrogen and oxygen atoms in total. The van der Waals surface area contributed by atoms with Crippen molar-refractivity contribution in [2.75, 3.05) is 5.32 Å². The van der Waals surface area contributed by atoms with E-state index in [-0.39, 0.29) is 23.0 Å². The smallest absolute Gasteiger partial charge is 0.418 e. The summed E-state index contributed by atoms with van der Waals surface area (Å²) in [4.78, 5) is 37.7. The third-order valence-corrected chi connectivity index (χ3v) is 5.67. The number of rotatable bonds is 5. The third kappa shape index (κ3) is 5.30. The zero-order valence-electron chi connectivity index (χ0n) is 18.0. The van der Waals surface area contributed by atoms with E-state index in [1.54, 1.807) is 17.5 Å². The SMILES string of the molecule is Cc1cc(=O)c(C(=O)Oc2ccc(NC(=O)c3cccs3)cc2)nn1-c1ccccc1C(F)(F)F. The number of nitrogens with zero attached hydrogens (tertiary/aromatic N) is 2. The van der Waals surface area contributed by atoms with E-state index in [0.29, 0.717) is 10.6 Å². The van der Waals surface area contributed by atoms with E-state index in [4.69, 9.17) is 4.74 Å². The van der Waals surface area contributed by atoms with Gasteiger partial charge in [-0.3, -0.25) is 9.59 Å². The van der Waals surface area contributed by atoms with Gasteiger partial charge in [0.2, 0.25) is 11.1 Å². The van der Waals surface area contributed by atoms with E-state index in [1.165, 1.54) is 60.7 Å². The number of aromatic nitrogens is 2. The number of hydrogen-bond donors (Lipinski definition) is 1. The summed E-state index contributed by atoms with van der Waals surface area (Å²) in [5.41, 5.74) is -2.23. The number of halogens is 3. The molecule has 0 unspecified atom stereocenters. The van der Waals surface area contributed by atoms with E-state index in [1.807, 2.05) is 0 Å².